The van der Waals surface area contributed by atoms with E-state index in [1.807, 2.05) is 0 Å². The van der Waals surface area contributed by atoms with Gasteiger partial charge in [-0.05, 0) is 6.07 Å². The number of Topliss-reactive ketones (excluding diaryl/α,β-unsaturated/α-hetero) is 1. The number of urea groups is 1. The first-order valence-electron chi connectivity index (χ1n) is 8.40. The molecule has 1 fully saturated rings. The van der Waals surface area contributed by atoms with Gasteiger partial charge < -0.3 is 20.8 Å². The molecule has 0 spiro atoms. The maximum absolute atomic E-state index is 13.8. The molecule has 9 nitrogen and oxygen atoms in total. The summed E-state index contributed by atoms with van der Waals surface area (Å²) < 4.78 is 41.4. The van der Waals surface area contributed by atoms with Crippen molar-refractivity contribution in [3.8, 4) is 5.75 Å². The second-order valence-electron chi connectivity index (χ2n) is 6.55. The molecular weight excluding hydrogens is 411 g/mol. The Morgan fingerprint density at radius 2 is 1.80 bits per heavy atom. The number of halogens is 3. The fourth-order valence-electron chi connectivity index (χ4n) is 3.28. The second kappa shape index (κ2) is 7.30. The van der Waals surface area contributed by atoms with Crippen LogP contribution in [-0.2, 0) is 0 Å². The third-order valence-electron chi connectivity index (χ3n) is 4.70. The molecule has 1 aliphatic rings. The van der Waals surface area contributed by atoms with E-state index in [1.165, 1.54) is 35.6 Å². The third-order valence-corrected chi connectivity index (χ3v) is 4.70. The second-order valence-corrected chi connectivity index (χ2v) is 6.55. The average Bonchev–Trinajstić information content (AvgIpc) is 2.67. The van der Waals surface area contributed by atoms with Crippen molar-refractivity contribution in [2.24, 2.45) is 5.92 Å². The van der Waals surface area contributed by atoms with Gasteiger partial charge in [-0.25, -0.2) is 4.79 Å². The molecule has 1 saturated heterocycles. The van der Waals surface area contributed by atoms with Crippen molar-refractivity contribution in [2.45, 2.75) is 17.9 Å². The number of hydrogen-bond acceptors (Lipinski definition) is 6. The first-order chi connectivity index (χ1) is 14.0. The Labute approximate surface area is 166 Å². The van der Waals surface area contributed by atoms with Gasteiger partial charge >= 0.3 is 12.2 Å². The number of nitrogens with one attached hydrogen (secondary N) is 2. The molecule has 0 aromatic heterocycles. The van der Waals surface area contributed by atoms with Crippen LogP contribution in [0.1, 0.15) is 22.0 Å². The number of phenols is 1. The van der Waals surface area contributed by atoms with Gasteiger partial charge in [0.05, 0.1) is 11.0 Å². The number of nitro benzene ring substituents is 1. The number of amides is 2. The standard InChI is InChI=1S/C18H14F3N3O6/c19-18(20,21)17(28)13(15(26)9-4-2-1-3-5-9)14(22-16(27)23-17)11-8-10(24(29)30)6-7-12(11)25/h1-8,13-14,25,28H,(H2,22,23,27)/t13-,14-,17+/m0/s1. The van der Waals surface area contributed by atoms with Crippen LogP contribution in [0.15, 0.2) is 48.5 Å². The molecule has 3 atom stereocenters. The van der Waals surface area contributed by atoms with E-state index in [0.29, 0.717) is 0 Å². The number of hydrogen-bond donors (Lipinski definition) is 4. The van der Waals surface area contributed by atoms with E-state index in [9.17, 15) is 43.1 Å². The number of nitro groups is 1. The lowest BCUT2D eigenvalue weighted by Gasteiger charge is -2.45. The monoisotopic (exact) mass is 425 g/mol. The Bertz CT molecular complexity index is 1010. The normalized spacial score (nSPS) is 23.9. The molecule has 1 heterocycles. The summed E-state index contributed by atoms with van der Waals surface area (Å²) in [5, 5.41) is 35.0. The van der Waals surface area contributed by atoms with Crippen LogP contribution in [0.2, 0.25) is 0 Å². The molecule has 0 radical (unpaired) electrons. The number of non-ortho nitro benzene ring substituents is 1. The van der Waals surface area contributed by atoms with Crippen molar-refractivity contribution in [1.29, 1.82) is 0 Å². The van der Waals surface area contributed by atoms with E-state index in [0.717, 1.165) is 18.2 Å². The van der Waals surface area contributed by atoms with Crippen LogP contribution in [0.25, 0.3) is 0 Å². The van der Waals surface area contributed by atoms with Crippen molar-refractivity contribution in [2.75, 3.05) is 0 Å². The van der Waals surface area contributed by atoms with E-state index in [-0.39, 0.29) is 5.56 Å². The van der Waals surface area contributed by atoms with Crippen LogP contribution in [0.5, 0.6) is 5.75 Å². The number of ketones is 1. The number of aromatic hydroxyl groups is 1. The summed E-state index contributed by atoms with van der Waals surface area (Å²) in [4.78, 5) is 35.1. The van der Waals surface area contributed by atoms with Crippen LogP contribution in [0, 0.1) is 16.0 Å². The third kappa shape index (κ3) is 3.52. The Kier molecular flexibility index (Phi) is 5.12. The van der Waals surface area contributed by atoms with Crippen LogP contribution in [0.4, 0.5) is 23.7 Å². The fourth-order valence-corrected chi connectivity index (χ4v) is 3.28. The number of nitrogens with zero attached hydrogens (tertiary/aromatic N) is 1. The number of carbonyl (C=O) groups is 2. The summed E-state index contributed by atoms with van der Waals surface area (Å²) in [5.41, 5.74) is -5.35. The number of aliphatic hydroxyl groups is 1. The zero-order valence-corrected chi connectivity index (χ0v) is 14.9. The highest BCUT2D eigenvalue weighted by Gasteiger charge is 2.66. The number of alkyl halides is 3. The minimum atomic E-state index is -5.49. The molecule has 158 valence electrons. The minimum Gasteiger partial charge on any atom is -0.508 e. The SMILES string of the molecule is O=C1N[C@@H](c2cc([N+](=O)[O-])ccc2O)[C@@H](C(=O)c2ccccc2)[C@@](O)(C(F)(F)F)N1. The Morgan fingerprint density at radius 1 is 1.17 bits per heavy atom. The van der Waals surface area contributed by atoms with E-state index in [4.69, 9.17) is 0 Å². The Morgan fingerprint density at radius 3 is 2.37 bits per heavy atom. The van der Waals surface area contributed by atoms with Crippen molar-refractivity contribution in [3.63, 3.8) is 0 Å². The van der Waals surface area contributed by atoms with Gasteiger partial charge in [0.2, 0.25) is 5.72 Å². The zero-order valence-electron chi connectivity index (χ0n) is 14.9. The topological polar surface area (TPSA) is 142 Å². The van der Waals surface area contributed by atoms with Crippen LogP contribution >= 0.6 is 0 Å². The van der Waals surface area contributed by atoms with Gasteiger partial charge in [0.15, 0.2) is 5.78 Å². The molecule has 2 amide bonds. The first-order valence-corrected chi connectivity index (χ1v) is 8.40. The number of phenolic OH excluding ortho intramolecular Hbond substituents is 1. The smallest absolute Gasteiger partial charge is 0.437 e. The summed E-state index contributed by atoms with van der Waals surface area (Å²) in [6.45, 7) is 0. The highest BCUT2D eigenvalue weighted by atomic mass is 19.4. The number of carbonyl (C=O) groups excluding carboxylic acids is 2. The van der Waals surface area contributed by atoms with Gasteiger partial charge in [0.25, 0.3) is 5.69 Å². The quantitative estimate of drug-likeness (QED) is 0.337. The lowest BCUT2D eigenvalue weighted by atomic mass is 9.77. The maximum Gasteiger partial charge on any atom is 0.437 e. The molecule has 30 heavy (non-hydrogen) atoms. The lowest BCUT2D eigenvalue weighted by molar-refractivity contribution is -0.385. The fraction of sp³-hybridized carbons (Fsp3) is 0.222. The summed E-state index contributed by atoms with van der Waals surface area (Å²) in [6.07, 6.45) is -5.49. The van der Waals surface area contributed by atoms with E-state index < -0.39 is 57.6 Å². The Hall–Kier alpha value is -3.67. The molecule has 3 rings (SSSR count). The van der Waals surface area contributed by atoms with Crippen LogP contribution < -0.4 is 10.6 Å². The van der Waals surface area contributed by atoms with E-state index in [2.05, 4.69) is 5.32 Å². The molecule has 2 aromatic rings. The predicted octanol–water partition coefficient (Wildman–Crippen LogP) is 2.40. The van der Waals surface area contributed by atoms with Crippen molar-refractivity contribution in [1.82, 2.24) is 10.6 Å². The Balaban J connectivity index is 2.23. The van der Waals surface area contributed by atoms with Crippen LogP contribution in [0.3, 0.4) is 0 Å². The van der Waals surface area contributed by atoms with Crippen molar-refractivity contribution >= 4 is 17.5 Å². The maximum atomic E-state index is 13.8. The van der Waals surface area contributed by atoms with E-state index in [1.54, 1.807) is 0 Å². The molecule has 1 aliphatic heterocycles. The molecule has 12 heteroatoms. The highest BCUT2D eigenvalue weighted by Crippen LogP contribution is 2.46. The molecule has 0 aliphatic carbocycles. The van der Waals surface area contributed by atoms with Crippen molar-refractivity contribution in [3.05, 3.63) is 69.8 Å². The van der Waals surface area contributed by atoms with Gasteiger partial charge in [-0.2, -0.15) is 13.2 Å². The summed E-state index contributed by atoms with van der Waals surface area (Å²) in [6, 6.07) is 5.75. The summed E-state index contributed by atoms with van der Waals surface area (Å²) in [5.74, 6) is -4.33. The molecule has 0 bridgehead atoms. The number of benzene rings is 2. The highest BCUT2D eigenvalue weighted by molar-refractivity contribution is 6.00. The molecular formula is C18H14F3N3O6. The van der Waals surface area contributed by atoms with Gasteiger partial charge in [-0.3, -0.25) is 14.9 Å². The van der Waals surface area contributed by atoms with E-state index >= 15 is 0 Å². The van der Waals surface area contributed by atoms with Gasteiger partial charge in [-0.1, -0.05) is 30.3 Å². The molecule has 2 aromatic carbocycles. The predicted molar refractivity (Wildman–Crippen MR) is 94.4 cm³/mol. The van der Waals surface area contributed by atoms with Crippen molar-refractivity contribution < 1.29 is 37.9 Å². The largest absolute Gasteiger partial charge is 0.508 e. The molecule has 4 N–H and O–H groups in total. The number of rotatable bonds is 4. The summed E-state index contributed by atoms with van der Waals surface area (Å²) in [7, 11) is 0. The minimum absolute atomic E-state index is 0.210. The summed E-state index contributed by atoms with van der Waals surface area (Å²) >= 11 is 0. The molecule has 0 unspecified atom stereocenters. The van der Waals surface area contributed by atoms with Crippen LogP contribution in [-0.4, -0.2) is 38.9 Å². The van der Waals surface area contributed by atoms with Gasteiger partial charge in [-0.15, -0.1) is 0 Å². The first kappa shape index (κ1) is 21.0. The van der Waals surface area contributed by atoms with Gasteiger partial charge in [0, 0.05) is 23.3 Å². The van der Waals surface area contributed by atoms with Gasteiger partial charge in [0.1, 0.15) is 11.7 Å². The zero-order chi connectivity index (χ0) is 22.3. The lowest BCUT2D eigenvalue weighted by Crippen LogP contribution is -2.72. The average molecular weight is 425 g/mol. The molecule has 0 saturated carbocycles.